The molecular formula is C13H21NO2. The van der Waals surface area contributed by atoms with Gasteiger partial charge in [0.1, 0.15) is 5.75 Å². The van der Waals surface area contributed by atoms with Crippen LogP contribution in [0.2, 0.25) is 0 Å². The molecule has 0 aliphatic rings. The summed E-state index contributed by atoms with van der Waals surface area (Å²) in [6.07, 6.45) is -0.445. The molecule has 3 N–H and O–H groups in total. The van der Waals surface area contributed by atoms with E-state index in [1.807, 2.05) is 39.0 Å². The Morgan fingerprint density at radius 1 is 1.38 bits per heavy atom. The lowest BCUT2D eigenvalue weighted by molar-refractivity contribution is 0.0955. The van der Waals surface area contributed by atoms with Crippen LogP contribution < -0.4 is 5.32 Å². The SMILES string of the molecule is Cc1cccc(CNC(C)(C)C(C)O)c1O. The molecule has 0 saturated heterocycles. The molecule has 0 bridgehead atoms. The molecule has 0 fully saturated rings. The van der Waals surface area contributed by atoms with Crippen LogP contribution in [0.15, 0.2) is 18.2 Å². The summed E-state index contributed by atoms with van der Waals surface area (Å²) in [6.45, 7) is 8.04. The smallest absolute Gasteiger partial charge is 0.122 e. The molecule has 0 saturated carbocycles. The van der Waals surface area contributed by atoms with Gasteiger partial charge in [-0.25, -0.2) is 0 Å². The lowest BCUT2D eigenvalue weighted by atomic mass is 9.98. The number of aromatic hydroxyl groups is 1. The number of hydrogen-bond donors (Lipinski definition) is 3. The van der Waals surface area contributed by atoms with Gasteiger partial charge in [0.15, 0.2) is 0 Å². The lowest BCUT2D eigenvalue weighted by Crippen LogP contribution is -2.47. The molecule has 1 aromatic rings. The Hall–Kier alpha value is -1.06. The average Bonchev–Trinajstić information content (AvgIpc) is 2.20. The molecule has 0 aromatic heterocycles. The molecule has 1 unspecified atom stereocenters. The molecule has 0 radical (unpaired) electrons. The van der Waals surface area contributed by atoms with Crippen LogP contribution >= 0.6 is 0 Å². The Labute approximate surface area is 97.1 Å². The van der Waals surface area contributed by atoms with Crippen LogP contribution in [0.5, 0.6) is 5.75 Å². The van der Waals surface area contributed by atoms with Gasteiger partial charge in [-0.1, -0.05) is 18.2 Å². The van der Waals surface area contributed by atoms with Crippen molar-refractivity contribution in [2.75, 3.05) is 0 Å². The molecule has 0 heterocycles. The van der Waals surface area contributed by atoms with Crippen LogP contribution in [0.3, 0.4) is 0 Å². The molecule has 0 amide bonds. The van der Waals surface area contributed by atoms with Crippen molar-refractivity contribution >= 4 is 0 Å². The third-order valence-corrected chi connectivity index (χ3v) is 3.10. The number of phenols is 1. The predicted octanol–water partition coefficient (Wildman–Crippen LogP) is 1.95. The van der Waals surface area contributed by atoms with Crippen LogP contribution in [0, 0.1) is 6.92 Å². The largest absolute Gasteiger partial charge is 0.507 e. The Bertz CT molecular complexity index is 359. The molecule has 1 aromatic carbocycles. The molecule has 3 nitrogen and oxygen atoms in total. The first-order chi connectivity index (χ1) is 7.34. The zero-order valence-corrected chi connectivity index (χ0v) is 10.4. The van der Waals surface area contributed by atoms with E-state index in [-0.39, 0.29) is 5.54 Å². The maximum Gasteiger partial charge on any atom is 0.122 e. The highest BCUT2D eigenvalue weighted by Gasteiger charge is 2.23. The molecular weight excluding hydrogens is 202 g/mol. The van der Waals surface area contributed by atoms with Gasteiger partial charge in [0.25, 0.3) is 0 Å². The van der Waals surface area contributed by atoms with Gasteiger partial charge in [0.05, 0.1) is 6.10 Å². The molecule has 1 atom stereocenters. The highest BCUT2D eigenvalue weighted by molar-refractivity contribution is 5.39. The van der Waals surface area contributed by atoms with Crippen molar-refractivity contribution in [1.29, 1.82) is 0 Å². The topological polar surface area (TPSA) is 52.5 Å². The van der Waals surface area contributed by atoms with Gasteiger partial charge in [0, 0.05) is 17.6 Å². The minimum absolute atomic E-state index is 0.330. The summed E-state index contributed by atoms with van der Waals surface area (Å²) in [4.78, 5) is 0. The van der Waals surface area contributed by atoms with E-state index in [9.17, 15) is 10.2 Å². The van der Waals surface area contributed by atoms with Crippen LogP contribution in [0.4, 0.5) is 0 Å². The summed E-state index contributed by atoms with van der Waals surface area (Å²) >= 11 is 0. The summed E-state index contributed by atoms with van der Waals surface area (Å²) in [5, 5.41) is 22.6. The van der Waals surface area contributed by atoms with Gasteiger partial charge >= 0.3 is 0 Å². The van der Waals surface area contributed by atoms with E-state index in [2.05, 4.69) is 5.32 Å². The molecule has 16 heavy (non-hydrogen) atoms. The number of aliphatic hydroxyl groups is 1. The van der Waals surface area contributed by atoms with E-state index >= 15 is 0 Å². The lowest BCUT2D eigenvalue weighted by Gasteiger charge is -2.29. The maximum atomic E-state index is 9.83. The van der Waals surface area contributed by atoms with Gasteiger partial charge in [-0.3, -0.25) is 0 Å². The predicted molar refractivity (Wildman–Crippen MR) is 65.4 cm³/mol. The van der Waals surface area contributed by atoms with Crippen molar-refractivity contribution in [2.45, 2.75) is 45.9 Å². The normalized spacial score (nSPS) is 13.8. The molecule has 1 rings (SSSR count). The van der Waals surface area contributed by atoms with E-state index in [4.69, 9.17) is 0 Å². The zero-order chi connectivity index (χ0) is 12.3. The second kappa shape index (κ2) is 4.85. The number of benzene rings is 1. The summed E-state index contributed by atoms with van der Waals surface area (Å²) < 4.78 is 0. The number of aryl methyl sites for hydroxylation is 1. The first kappa shape index (κ1) is 13.0. The summed E-state index contributed by atoms with van der Waals surface area (Å²) in [7, 11) is 0. The average molecular weight is 223 g/mol. The van der Waals surface area contributed by atoms with Gasteiger partial charge < -0.3 is 15.5 Å². The number of hydrogen-bond acceptors (Lipinski definition) is 3. The fourth-order valence-electron chi connectivity index (χ4n) is 1.33. The van der Waals surface area contributed by atoms with Crippen LogP contribution in [0.1, 0.15) is 31.9 Å². The standard InChI is InChI=1S/C13H21NO2/c1-9-6-5-7-11(12(9)16)8-14-13(3,4)10(2)15/h5-7,10,14-16H,8H2,1-4H3. The summed E-state index contributed by atoms with van der Waals surface area (Å²) in [6, 6.07) is 5.67. The highest BCUT2D eigenvalue weighted by atomic mass is 16.3. The van der Waals surface area contributed by atoms with Crippen molar-refractivity contribution in [3.8, 4) is 5.75 Å². The van der Waals surface area contributed by atoms with E-state index in [0.717, 1.165) is 11.1 Å². The van der Waals surface area contributed by atoms with Crippen molar-refractivity contribution in [3.63, 3.8) is 0 Å². The first-order valence-corrected chi connectivity index (χ1v) is 5.55. The zero-order valence-electron chi connectivity index (χ0n) is 10.4. The number of rotatable bonds is 4. The number of aliphatic hydroxyl groups excluding tert-OH is 1. The number of phenolic OH excluding ortho intramolecular Hbond substituents is 1. The molecule has 90 valence electrons. The Morgan fingerprint density at radius 3 is 2.56 bits per heavy atom. The second-order valence-electron chi connectivity index (χ2n) is 4.83. The van der Waals surface area contributed by atoms with E-state index in [0.29, 0.717) is 12.3 Å². The Kier molecular flexibility index (Phi) is 3.94. The summed E-state index contributed by atoms with van der Waals surface area (Å²) in [5.74, 6) is 0.330. The third kappa shape index (κ3) is 2.97. The first-order valence-electron chi connectivity index (χ1n) is 5.55. The van der Waals surface area contributed by atoms with Crippen molar-refractivity contribution in [1.82, 2.24) is 5.32 Å². The number of para-hydroxylation sites is 1. The molecule has 3 heteroatoms. The van der Waals surface area contributed by atoms with E-state index in [1.165, 1.54) is 0 Å². The van der Waals surface area contributed by atoms with Crippen molar-refractivity contribution in [2.24, 2.45) is 0 Å². The van der Waals surface area contributed by atoms with Crippen LogP contribution in [0.25, 0.3) is 0 Å². The fraction of sp³-hybridized carbons (Fsp3) is 0.538. The van der Waals surface area contributed by atoms with E-state index < -0.39 is 6.10 Å². The van der Waals surface area contributed by atoms with Crippen LogP contribution in [-0.2, 0) is 6.54 Å². The minimum Gasteiger partial charge on any atom is -0.507 e. The minimum atomic E-state index is -0.445. The van der Waals surface area contributed by atoms with E-state index in [1.54, 1.807) is 6.92 Å². The second-order valence-corrected chi connectivity index (χ2v) is 4.83. The van der Waals surface area contributed by atoms with Gasteiger partial charge in [-0.2, -0.15) is 0 Å². The molecule has 0 spiro atoms. The third-order valence-electron chi connectivity index (χ3n) is 3.10. The number of nitrogens with one attached hydrogen (secondary N) is 1. The van der Waals surface area contributed by atoms with Crippen LogP contribution in [-0.4, -0.2) is 21.9 Å². The maximum absolute atomic E-state index is 9.83. The highest BCUT2D eigenvalue weighted by Crippen LogP contribution is 2.22. The fourth-order valence-corrected chi connectivity index (χ4v) is 1.33. The van der Waals surface area contributed by atoms with Gasteiger partial charge in [-0.05, 0) is 33.3 Å². The quantitative estimate of drug-likeness (QED) is 0.731. The van der Waals surface area contributed by atoms with Gasteiger partial charge in [-0.15, -0.1) is 0 Å². The summed E-state index contributed by atoms with van der Waals surface area (Å²) in [5.41, 5.74) is 1.36. The van der Waals surface area contributed by atoms with Crippen molar-refractivity contribution in [3.05, 3.63) is 29.3 Å². The molecule has 0 aliphatic heterocycles. The Balaban J connectivity index is 2.72. The Morgan fingerprint density at radius 2 is 2.00 bits per heavy atom. The van der Waals surface area contributed by atoms with Crippen molar-refractivity contribution < 1.29 is 10.2 Å². The molecule has 0 aliphatic carbocycles. The van der Waals surface area contributed by atoms with Gasteiger partial charge in [0.2, 0.25) is 0 Å². The monoisotopic (exact) mass is 223 g/mol.